The predicted molar refractivity (Wildman–Crippen MR) is 80.4 cm³/mol. The van der Waals surface area contributed by atoms with Crippen LogP contribution in [-0.2, 0) is 11.2 Å². The molecule has 0 radical (unpaired) electrons. The van der Waals surface area contributed by atoms with Gasteiger partial charge in [-0.15, -0.1) is 0 Å². The zero-order valence-corrected chi connectivity index (χ0v) is 12.2. The van der Waals surface area contributed by atoms with Gasteiger partial charge in [0.25, 0.3) is 0 Å². The molecule has 3 heteroatoms. The highest BCUT2D eigenvalue weighted by molar-refractivity contribution is 5.78. The normalized spacial score (nSPS) is 11.9. The van der Waals surface area contributed by atoms with Gasteiger partial charge in [0, 0.05) is 12.4 Å². The van der Waals surface area contributed by atoms with Crippen molar-refractivity contribution in [2.24, 2.45) is 0 Å². The number of benzene rings is 1. The van der Waals surface area contributed by atoms with Crippen LogP contribution in [0.1, 0.15) is 35.2 Å². The van der Waals surface area contributed by atoms with E-state index in [1.807, 2.05) is 19.1 Å². The maximum atomic E-state index is 12.1. The van der Waals surface area contributed by atoms with Gasteiger partial charge in [0.1, 0.15) is 0 Å². The molecule has 1 unspecified atom stereocenters. The summed E-state index contributed by atoms with van der Waals surface area (Å²) < 4.78 is 0. The molecule has 2 aromatic rings. The quantitative estimate of drug-likeness (QED) is 0.925. The van der Waals surface area contributed by atoms with E-state index in [1.54, 1.807) is 12.4 Å². The van der Waals surface area contributed by atoms with Crippen LogP contribution < -0.4 is 5.32 Å². The topological polar surface area (TPSA) is 42.0 Å². The minimum absolute atomic E-state index is 0.0130. The third-order valence-electron chi connectivity index (χ3n) is 3.37. The molecule has 1 aromatic carbocycles. The maximum absolute atomic E-state index is 12.1. The van der Waals surface area contributed by atoms with Gasteiger partial charge in [0.15, 0.2) is 0 Å². The summed E-state index contributed by atoms with van der Waals surface area (Å²) in [6, 6.07) is 10.1. The van der Waals surface area contributed by atoms with Gasteiger partial charge in [-0.1, -0.05) is 29.8 Å². The molecule has 104 valence electrons. The number of carbonyl (C=O) groups excluding carboxylic acids is 1. The molecule has 0 aliphatic carbocycles. The van der Waals surface area contributed by atoms with Crippen molar-refractivity contribution in [3.8, 4) is 0 Å². The summed E-state index contributed by atoms with van der Waals surface area (Å²) in [5, 5.41) is 3.05. The Kier molecular flexibility index (Phi) is 4.51. The van der Waals surface area contributed by atoms with E-state index in [0.717, 1.165) is 5.56 Å². The Morgan fingerprint density at radius 2 is 2.10 bits per heavy atom. The summed E-state index contributed by atoms with van der Waals surface area (Å²) in [7, 11) is 0. The van der Waals surface area contributed by atoms with Crippen LogP contribution in [-0.4, -0.2) is 10.9 Å². The monoisotopic (exact) mass is 268 g/mol. The van der Waals surface area contributed by atoms with Gasteiger partial charge in [0.2, 0.25) is 5.91 Å². The van der Waals surface area contributed by atoms with Crippen LogP contribution >= 0.6 is 0 Å². The Morgan fingerprint density at radius 1 is 1.30 bits per heavy atom. The summed E-state index contributed by atoms with van der Waals surface area (Å²) >= 11 is 0. The first kappa shape index (κ1) is 14.3. The molecular weight excluding hydrogens is 248 g/mol. The number of aryl methyl sites for hydroxylation is 2. The molecule has 3 nitrogen and oxygen atoms in total. The zero-order valence-electron chi connectivity index (χ0n) is 12.2. The fraction of sp³-hybridized carbons (Fsp3) is 0.294. The van der Waals surface area contributed by atoms with Crippen LogP contribution in [0.25, 0.3) is 0 Å². The van der Waals surface area contributed by atoms with Crippen LogP contribution in [0.15, 0.2) is 42.7 Å². The van der Waals surface area contributed by atoms with Crippen molar-refractivity contribution in [1.82, 2.24) is 10.3 Å². The fourth-order valence-corrected chi connectivity index (χ4v) is 2.28. The van der Waals surface area contributed by atoms with E-state index in [4.69, 9.17) is 0 Å². The number of hydrogen-bond acceptors (Lipinski definition) is 2. The second kappa shape index (κ2) is 6.33. The first-order valence-electron chi connectivity index (χ1n) is 6.81. The average molecular weight is 268 g/mol. The molecule has 0 spiro atoms. The molecule has 0 saturated carbocycles. The van der Waals surface area contributed by atoms with E-state index in [1.165, 1.54) is 16.7 Å². The second-order valence-corrected chi connectivity index (χ2v) is 5.19. The lowest BCUT2D eigenvalue weighted by Gasteiger charge is -2.17. The third-order valence-corrected chi connectivity index (χ3v) is 3.37. The Morgan fingerprint density at radius 3 is 2.80 bits per heavy atom. The Hall–Kier alpha value is -2.16. The van der Waals surface area contributed by atoms with Gasteiger partial charge in [-0.05, 0) is 43.5 Å². The minimum Gasteiger partial charge on any atom is -0.349 e. The molecule has 1 aromatic heterocycles. The lowest BCUT2D eigenvalue weighted by Crippen LogP contribution is -2.28. The van der Waals surface area contributed by atoms with E-state index in [-0.39, 0.29) is 11.9 Å². The van der Waals surface area contributed by atoms with Crippen LogP contribution in [0, 0.1) is 13.8 Å². The molecule has 1 heterocycles. The van der Waals surface area contributed by atoms with Gasteiger partial charge >= 0.3 is 0 Å². The minimum atomic E-state index is 0.0130. The SMILES string of the molecule is Cc1ccc(C)c(C(C)NC(=O)Cc2cccnc2)c1. The van der Waals surface area contributed by atoms with Crippen molar-refractivity contribution in [3.05, 3.63) is 65.0 Å². The highest BCUT2D eigenvalue weighted by atomic mass is 16.1. The Labute approximate surface area is 120 Å². The highest BCUT2D eigenvalue weighted by Gasteiger charge is 2.12. The number of amides is 1. The molecule has 1 amide bonds. The van der Waals surface area contributed by atoms with Crippen molar-refractivity contribution in [3.63, 3.8) is 0 Å². The number of rotatable bonds is 4. The molecular formula is C17H20N2O. The first-order chi connectivity index (χ1) is 9.56. The number of carbonyl (C=O) groups is 1. The first-order valence-corrected chi connectivity index (χ1v) is 6.81. The number of aromatic nitrogens is 1. The molecule has 1 N–H and O–H groups in total. The van der Waals surface area contributed by atoms with Crippen LogP contribution in [0.3, 0.4) is 0 Å². The number of nitrogens with one attached hydrogen (secondary N) is 1. The highest BCUT2D eigenvalue weighted by Crippen LogP contribution is 2.18. The number of nitrogens with zero attached hydrogens (tertiary/aromatic N) is 1. The van der Waals surface area contributed by atoms with Gasteiger partial charge in [-0.25, -0.2) is 0 Å². The molecule has 1 atom stereocenters. The molecule has 2 rings (SSSR count). The van der Waals surface area contributed by atoms with Crippen molar-refractivity contribution in [1.29, 1.82) is 0 Å². The Bertz CT molecular complexity index is 593. The van der Waals surface area contributed by atoms with Crippen molar-refractivity contribution in [2.45, 2.75) is 33.2 Å². The van der Waals surface area contributed by atoms with Gasteiger partial charge in [0.05, 0.1) is 12.5 Å². The van der Waals surface area contributed by atoms with Crippen molar-refractivity contribution in [2.75, 3.05) is 0 Å². The van der Waals surface area contributed by atoms with E-state index >= 15 is 0 Å². The van der Waals surface area contributed by atoms with Crippen LogP contribution in [0.4, 0.5) is 0 Å². The maximum Gasteiger partial charge on any atom is 0.224 e. The van der Waals surface area contributed by atoms with E-state index in [2.05, 4.69) is 42.3 Å². The smallest absolute Gasteiger partial charge is 0.224 e. The predicted octanol–water partition coefficient (Wildman–Crippen LogP) is 3.12. The second-order valence-electron chi connectivity index (χ2n) is 5.19. The van der Waals surface area contributed by atoms with E-state index in [0.29, 0.717) is 6.42 Å². The molecule has 0 aliphatic rings. The summed E-state index contributed by atoms with van der Waals surface area (Å²) in [4.78, 5) is 16.1. The Balaban J connectivity index is 2.02. The van der Waals surface area contributed by atoms with Crippen molar-refractivity contribution >= 4 is 5.91 Å². The van der Waals surface area contributed by atoms with Crippen molar-refractivity contribution < 1.29 is 4.79 Å². The molecule has 0 aliphatic heterocycles. The standard InChI is InChI=1S/C17H20N2O/c1-12-6-7-13(2)16(9-12)14(3)19-17(20)10-15-5-4-8-18-11-15/h4-9,11,14H,10H2,1-3H3,(H,19,20). The van der Waals surface area contributed by atoms with Crippen LogP contribution in [0.5, 0.6) is 0 Å². The van der Waals surface area contributed by atoms with E-state index in [9.17, 15) is 4.79 Å². The van der Waals surface area contributed by atoms with E-state index < -0.39 is 0 Å². The molecule has 20 heavy (non-hydrogen) atoms. The lowest BCUT2D eigenvalue weighted by molar-refractivity contribution is -0.121. The molecule has 0 bridgehead atoms. The zero-order chi connectivity index (χ0) is 14.5. The summed E-state index contributed by atoms with van der Waals surface area (Å²) in [5.41, 5.74) is 4.51. The number of hydrogen-bond donors (Lipinski definition) is 1. The molecule has 0 saturated heterocycles. The van der Waals surface area contributed by atoms with Gasteiger partial charge < -0.3 is 5.32 Å². The summed E-state index contributed by atoms with van der Waals surface area (Å²) in [6.45, 7) is 6.15. The van der Waals surface area contributed by atoms with Gasteiger partial charge in [-0.3, -0.25) is 9.78 Å². The average Bonchev–Trinajstić information content (AvgIpc) is 2.42. The molecule has 0 fully saturated rings. The largest absolute Gasteiger partial charge is 0.349 e. The van der Waals surface area contributed by atoms with Crippen LogP contribution in [0.2, 0.25) is 0 Å². The fourth-order valence-electron chi connectivity index (χ4n) is 2.28. The lowest BCUT2D eigenvalue weighted by atomic mass is 10.00. The number of pyridine rings is 1. The summed E-state index contributed by atoms with van der Waals surface area (Å²) in [5.74, 6) is 0.0198. The third kappa shape index (κ3) is 3.67. The summed E-state index contributed by atoms with van der Waals surface area (Å²) in [6.07, 6.45) is 3.80. The van der Waals surface area contributed by atoms with Gasteiger partial charge in [-0.2, -0.15) is 0 Å².